The van der Waals surface area contributed by atoms with Crippen molar-refractivity contribution in [3.63, 3.8) is 0 Å². The van der Waals surface area contributed by atoms with Gasteiger partial charge in [0, 0.05) is 36.3 Å². The van der Waals surface area contributed by atoms with Crippen LogP contribution in [0.25, 0.3) is 11.3 Å². The highest BCUT2D eigenvalue weighted by molar-refractivity contribution is 5.99. The highest BCUT2D eigenvalue weighted by atomic mass is 19.4. The molecule has 3 aromatic rings. The summed E-state index contributed by atoms with van der Waals surface area (Å²) in [4.78, 5) is 28.1. The number of hydrogen-bond acceptors (Lipinski definition) is 5. The number of ether oxygens (including phenoxy) is 1. The minimum Gasteiger partial charge on any atom is -0.472 e. The summed E-state index contributed by atoms with van der Waals surface area (Å²) in [6.45, 7) is 2.43. The summed E-state index contributed by atoms with van der Waals surface area (Å²) < 4.78 is 44.3. The molecule has 1 aliphatic heterocycles. The van der Waals surface area contributed by atoms with Crippen LogP contribution in [0.5, 0.6) is 5.88 Å². The van der Waals surface area contributed by atoms with Gasteiger partial charge >= 0.3 is 6.18 Å². The van der Waals surface area contributed by atoms with Gasteiger partial charge in [-0.25, -0.2) is 9.97 Å². The smallest absolute Gasteiger partial charge is 0.417 e. The maximum atomic E-state index is 13.6. The number of amides is 1. The van der Waals surface area contributed by atoms with Crippen LogP contribution in [0.3, 0.4) is 0 Å². The van der Waals surface area contributed by atoms with Crippen LogP contribution in [0.1, 0.15) is 34.6 Å². The van der Waals surface area contributed by atoms with Gasteiger partial charge in [-0.3, -0.25) is 9.78 Å². The molecule has 1 amide bonds. The molecule has 0 spiro atoms. The van der Waals surface area contributed by atoms with Crippen molar-refractivity contribution in [1.29, 1.82) is 0 Å². The van der Waals surface area contributed by atoms with Gasteiger partial charge in [0.2, 0.25) is 5.88 Å². The minimum atomic E-state index is -4.45. The lowest BCUT2D eigenvalue weighted by atomic mass is 10.0. The van der Waals surface area contributed by atoms with Crippen LogP contribution in [-0.4, -0.2) is 44.4 Å². The minimum absolute atomic E-state index is 0.121. The molecule has 2 aliphatic rings. The van der Waals surface area contributed by atoms with Crippen LogP contribution >= 0.6 is 0 Å². The number of pyridine rings is 3. The lowest BCUT2D eigenvalue weighted by Gasteiger charge is -2.33. The van der Waals surface area contributed by atoms with E-state index in [1.807, 2.05) is 37.3 Å². The number of carbonyl (C=O) groups excluding carboxylic acids is 1. The van der Waals surface area contributed by atoms with Gasteiger partial charge in [-0.05, 0) is 56.0 Å². The van der Waals surface area contributed by atoms with Crippen molar-refractivity contribution in [2.45, 2.75) is 38.1 Å². The molecule has 3 atom stereocenters. The topological polar surface area (TPSA) is 68.2 Å². The molecule has 1 saturated heterocycles. The van der Waals surface area contributed by atoms with Gasteiger partial charge in [0.1, 0.15) is 11.8 Å². The summed E-state index contributed by atoms with van der Waals surface area (Å²) >= 11 is 0. The van der Waals surface area contributed by atoms with Crippen LogP contribution in [0.4, 0.5) is 13.2 Å². The van der Waals surface area contributed by atoms with Crippen LogP contribution in [-0.2, 0) is 6.18 Å². The fourth-order valence-corrected chi connectivity index (χ4v) is 4.68. The highest BCUT2D eigenvalue weighted by Crippen LogP contribution is 2.41. The average Bonchev–Trinajstić information content (AvgIpc) is 3.39. The van der Waals surface area contributed by atoms with Gasteiger partial charge in [0.25, 0.3) is 5.91 Å². The second kappa shape index (κ2) is 8.13. The van der Waals surface area contributed by atoms with Gasteiger partial charge in [0.15, 0.2) is 0 Å². The number of alkyl halides is 3. The van der Waals surface area contributed by atoms with E-state index < -0.39 is 11.7 Å². The Morgan fingerprint density at radius 1 is 1.09 bits per heavy atom. The first-order valence-corrected chi connectivity index (χ1v) is 10.7. The molecule has 0 radical (unpaired) electrons. The number of halogens is 3. The molecule has 3 aromatic heterocycles. The van der Waals surface area contributed by atoms with Gasteiger partial charge < -0.3 is 9.64 Å². The molecule has 9 heteroatoms. The molecule has 170 valence electrons. The number of carbonyl (C=O) groups is 1. The van der Waals surface area contributed by atoms with Gasteiger partial charge in [0.05, 0.1) is 17.3 Å². The molecule has 6 nitrogen and oxygen atoms in total. The van der Waals surface area contributed by atoms with Crippen molar-refractivity contribution >= 4 is 5.91 Å². The van der Waals surface area contributed by atoms with E-state index in [0.717, 1.165) is 30.8 Å². The Hall–Kier alpha value is -3.49. The summed E-state index contributed by atoms with van der Waals surface area (Å²) in [5, 5.41) is 0. The van der Waals surface area contributed by atoms with E-state index in [0.29, 0.717) is 23.5 Å². The third-order valence-corrected chi connectivity index (χ3v) is 6.20. The molecule has 2 fully saturated rings. The quantitative estimate of drug-likeness (QED) is 0.579. The Bertz CT molecular complexity index is 1170. The third-order valence-electron chi connectivity index (χ3n) is 6.20. The van der Waals surface area contributed by atoms with Crippen LogP contribution in [0, 0.1) is 12.8 Å². The first-order valence-electron chi connectivity index (χ1n) is 10.7. The zero-order valence-electron chi connectivity index (χ0n) is 17.8. The molecular weight excluding hydrogens is 433 g/mol. The number of likely N-dealkylation sites (tertiary alicyclic amines) is 1. The summed E-state index contributed by atoms with van der Waals surface area (Å²) in [6, 6.07) is 11.2. The molecule has 4 heterocycles. The Morgan fingerprint density at radius 3 is 2.61 bits per heavy atom. The predicted molar refractivity (Wildman–Crippen MR) is 113 cm³/mol. The average molecular weight is 454 g/mol. The van der Waals surface area contributed by atoms with E-state index >= 15 is 0 Å². The van der Waals surface area contributed by atoms with E-state index in [4.69, 9.17) is 4.74 Å². The number of rotatable bonds is 4. The van der Waals surface area contributed by atoms with Gasteiger partial charge in [-0.15, -0.1) is 0 Å². The summed E-state index contributed by atoms with van der Waals surface area (Å²) in [6.07, 6.45) is -0.843. The van der Waals surface area contributed by atoms with Crippen molar-refractivity contribution in [2.75, 3.05) is 6.54 Å². The van der Waals surface area contributed by atoms with E-state index in [9.17, 15) is 18.0 Å². The zero-order valence-corrected chi connectivity index (χ0v) is 17.8. The molecule has 33 heavy (non-hydrogen) atoms. The van der Waals surface area contributed by atoms with Crippen molar-refractivity contribution in [2.24, 2.45) is 5.92 Å². The normalized spacial score (nSPS) is 21.9. The molecule has 5 rings (SSSR count). The van der Waals surface area contributed by atoms with E-state index in [1.54, 1.807) is 11.1 Å². The van der Waals surface area contributed by atoms with Gasteiger partial charge in [-0.2, -0.15) is 13.2 Å². The molecule has 0 N–H and O–H groups in total. The number of piperidine rings is 1. The zero-order chi connectivity index (χ0) is 23.2. The second-order valence-corrected chi connectivity index (χ2v) is 8.47. The van der Waals surface area contributed by atoms with Crippen LogP contribution < -0.4 is 4.74 Å². The van der Waals surface area contributed by atoms with Crippen molar-refractivity contribution in [3.8, 4) is 17.1 Å². The van der Waals surface area contributed by atoms with Crippen LogP contribution in [0.2, 0.25) is 0 Å². The van der Waals surface area contributed by atoms with Crippen molar-refractivity contribution in [3.05, 3.63) is 71.8 Å². The number of hydrogen-bond donors (Lipinski definition) is 0. The monoisotopic (exact) mass is 454 g/mol. The number of fused-ring (bicyclic) bond motifs is 2. The maximum absolute atomic E-state index is 13.6. The lowest BCUT2D eigenvalue weighted by molar-refractivity contribution is -0.137. The first kappa shape index (κ1) is 21.4. The Labute approximate surface area is 188 Å². The van der Waals surface area contributed by atoms with E-state index in [-0.39, 0.29) is 29.9 Å². The standard InChI is InChI=1S/C24H21F3N4O2/c1-14-5-7-17(18-4-2-3-9-28-18)22(30-14)23(32)31-13-15-10-19(31)20(11-15)33-21-8-6-16(12-29-21)24(25,26)27/h2-9,12,15,19-20H,10-11,13H2,1H3/t15-,19+,20-/m1/s1. The molecule has 1 saturated carbocycles. The van der Waals surface area contributed by atoms with Crippen molar-refractivity contribution < 1.29 is 22.7 Å². The number of aromatic nitrogens is 3. The SMILES string of the molecule is Cc1ccc(-c2ccccn2)c(C(=O)N2C[C@H]3C[C@@H](Oc4ccc(C(F)(F)F)cn4)[C@@H]2C3)n1. The van der Waals surface area contributed by atoms with Crippen molar-refractivity contribution in [1.82, 2.24) is 19.9 Å². The van der Waals surface area contributed by atoms with E-state index in [2.05, 4.69) is 15.0 Å². The molecule has 0 aromatic carbocycles. The Kier molecular flexibility index (Phi) is 5.26. The molecular formula is C24H21F3N4O2. The highest BCUT2D eigenvalue weighted by Gasteiger charge is 2.49. The second-order valence-electron chi connectivity index (χ2n) is 8.47. The predicted octanol–water partition coefficient (Wildman–Crippen LogP) is 4.55. The maximum Gasteiger partial charge on any atom is 0.417 e. The molecule has 1 aliphatic carbocycles. The first-order chi connectivity index (χ1) is 15.8. The molecule has 2 bridgehead atoms. The Balaban J connectivity index is 1.37. The fraction of sp³-hybridized carbons (Fsp3) is 0.333. The third kappa shape index (κ3) is 4.15. The number of aryl methyl sites for hydroxylation is 1. The fourth-order valence-electron chi connectivity index (χ4n) is 4.68. The summed E-state index contributed by atoms with van der Waals surface area (Å²) in [5.41, 5.74) is 1.57. The lowest BCUT2D eigenvalue weighted by Crippen LogP contribution is -2.47. The summed E-state index contributed by atoms with van der Waals surface area (Å²) in [7, 11) is 0. The number of nitrogens with zero attached hydrogens (tertiary/aromatic N) is 4. The Morgan fingerprint density at radius 2 is 1.94 bits per heavy atom. The molecule has 0 unspecified atom stereocenters. The summed E-state index contributed by atoms with van der Waals surface area (Å²) in [5.74, 6) is 0.192. The largest absolute Gasteiger partial charge is 0.472 e. The van der Waals surface area contributed by atoms with Gasteiger partial charge in [-0.1, -0.05) is 6.07 Å². The van der Waals surface area contributed by atoms with E-state index in [1.165, 1.54) is 6.07 Å². The van der Waals surface area contributed by atoms with Crippen LogP contribution in [0.15, 0.2) is 54.9 Å².